The number of ketones is 1. The van der Waals surface area contributed by atoms with Gasteiger partial charge in [-0.1, -0.05) is 5.16 Å². The third kappa shape index (κ3) is 3.62. The summed E-state index contributed by atoms with van der Waals surface area (Å²) in [6.07, 6.45) is 0.975. The van der Waals surface area contributed by atoms with Crippen molar-refractivity contribution in [2.24, 2.45) is 5.16 Å². The SMILES string of the molecule is CCOC(=O)/C(CN1CCC(=O)CC1)=N\O. The number of likely N-dealkylation sites (tertiary alicyclic amines) is 1. The summed E-state index contributed by atoms with van der Waals surface area (Å²) in [5.41, 5.74) is -0.0174. The Bertz CT molecular complexity index is 291. The summed E-state index contributed by atoms with van der Waals surface area (Å²) < 4.78 is 4.73. The smallest absolute Gasteiger partial charge is 0.357 e. The predicted octanol–water partition coefficient (Wildman–Crippen LogP) is 0.0446. The van der Waals surface area contributed by atoms with Crippen LogP contribution in [-0.4, -0.2) is 53.8 Å². The number of nitrogens with zero attached hydrogens (tertiary/aromatic N) is 2. The third-order valence-electron chi connectivity index (χ3n) is 2.42. The van der Waals surface area contributed by atoms with Gasteiger partial charge in [-0.2, -0.15) is 0 Å². The Labute approximate surface area is 93.9 Å². The monoisotopic (exact) mass is 228 g/mol. The molecule has 0 bridgehead atoms. The van der Waals surface area contributed by atoms with Crippen molar-refractivity contribution in [3.63, 3.8) is 0 Å². The second-order valence-electron chi connectivity index (χ2n) is 3.58. The highest BCUT2D eigenvalue weighted by Gasteiger charge is 2.21. The molecule has 1 heterocycles. The van der Waals surface area contributed by atoms with Gasteiger partial charge in [0.05, 0.1) is 13.2 Å². The van der Waals surface area contributed by atoms with Crippen LogP contribution in [0.3, 0.4) is 0 Å². The topological polar surface area (TPSA) is 79.2 Å². The average molecular weight is 228 g/mol. The first-order chi connectivity index (χ1) is 7.67. The van der Waals surface area contributed by atoms with Gasteiger partial charge in [-0.25, -0.2) is 4.79 Å². The average Bonchev–Trinajstić information content (AvgIpc) is 2.28. The minimum Gasteiger partial charge on any atom is -0.461 e. The van der Waals surface area contributed by atoms with Crippen LogP contribution in [0.2, 0.25) is 0 Å². The van der Waals surface area contributed by atoms with Gasteiger partial charge in [-0.3, -0.25) is 9.69 Å². The molecule has 6 nitrogen and oxygen atoms in total. The summed E-state index contributed by atoms with van der Waals surface area (Å²) in [4.78, 5) is 24.2. The van der Waals surface area contributed by atoms with Gasteiger partial charge < -0.3 is 9.94 Å². The molecule has 0 radical (unpaired) electrons. The normalized spacial score (nSPS) is 18.6. The fourth-order valence-electron chi connectivity index (χ4n) is 1.52. The van der Waals surface area contributed by atoms with Gasteiger partial charge in [0.25, 0.3) is 0 Å². The van der Waals surface area contributed by atoms with Gasteiger partial charge in [0, 0.05) is 25.9 Å². The Morgan fingerprint density at radius 2 is 2.12 bits per heavy atom. The van der Waals surface area contributed by atoms with Crippen molar-refractivity contribution >= 4 is 17.5 Å². The van der Waals surface area contributed by atoms with Crippen molar-refractivity contribution < 1.29 is 19.5 Å². The molecule has 0 unspecified atom stereocenters. The highest BCUT2D eigenvalue weighted by atomic mass is 16.5. The Morgan fingerprint density at radius 3 is 2.62 bits per heavy atom. The number of ether oxygens (including phenoxy) is 1. The summed E-state index contributed by atoms with van der Waals surface area (Å²) in [7, 11) is 0. The van der Waals surface area contributed by atoms with Crippen LogP contribution in [-0.2, 0) is 14.3 Å². The summed E-state index contributed by atoms with van der Waals surface area (Å²) >= 11 is 0. The Morgan fingerprint density at radius 1 is 1.50 bits per heavy atom. The second-order valence-corrected chi connectivity index (χ2v) is 3.58. The van der Waals surface area contributed by atoms with E-state index in [0.29, 0.717) is 25.9 Å². The summed E-state index contributed by atoms with van der Waals surface area (Å²) in [6, 6.07) is 0. The number of Topliss-reactive ketones (excluding diaryl/α,β-unsaturated/α-hetero) is 1. The zero-order chi connectivity index (χ0) is 12.0. The number of hydrogen-bond acceptors (Lipinski definition) is 6. The summed E-state index contributed by atoms with van der Waals surface area (Å²) in [5, 5.41) is 11.6. The van der Waals surface area contributed by atoms with Crippen LogP contribution >= 0.6 is 0 Å². The lowest BCUT2D eigenvalue weighted by atomic mass is 10.1. The van der Waals surface area contributed by atoms with Gasteiger partial charge in [0.1, 0.15) is 5.78 Å². The molecule has 0 amide bonds. The highest BCUT2D eigenvalue weighted by molar-refractivity contribution is 6.37. The van der Waals surface area contributed by atoms with Crippen LogP contribution in [0.25, 0.3) is 0 Å². The maximum atomic E-state index is 11.3. The van der Waals surface area contributed by atoms with Gasteiger partial charge in [0.2, 0.25) is 0 Å². The van der Waals surface area contributed by atoms with Crippen molar-refractivity contribution in [1.29, 1.82) is 0 Å². The number of piperidine rings is 1. The van der Waals surface area contributed by atoms with E-state index in [1.807, 2.05) is 4.90 Å². The van der Waals surface area contributed by atoms with Crippen molar-refractivity contribution in [3.8, 4) is 0 Å². The minimum atomic E-state index is -0.609. The van der Waals surface area contributed by atoms with Crippen molar-refractivity contribution in [3.05, 3.63) is 0 Å². The number of rotatable bonds is 4. The zero-order valence-electron chi connectivity index (χ0n) is 9.31. The van der Waals surface area contributed by atoms with Crippen LogP contribution in [0, 0.1) is 0 Å². The minimum absolute atomic E-state index is 0.0174. The molecule has 0 aliphatic carbocycles. The molecule has 0 aromatic heterocycles. The lowest BCUT2D eigenvalue weighted by Gasteiger charge is -2.25. The van der Waals surface area contributed by atoms with Gasteiger partial charge in [0.15, 0.2) is 5.71 Å². The lowest BCUT2D eigenvalue weighted by molar-refractivity contribution is -0.135. The van der Waals surface area contributed by atoms with E-state index in [4.69, 9.17) is 9.94 Å². The zero-order valence-corrected chi connectivity index (χ0v) is 9.31. The third-order valence-corrected chi connectivity index (χ3v) is 2.42. The van der Waals surface area contributed by atoms with Crippen LogP contribution in [0.1, 0.15) is 19.8 Å². The molecule has 1 fully saturated rings. The van der Waals surface area contributed by atoms with E-state index in [9.17, 15) is 9.59 Å². The van der Waals surface area contributed by atoms with Gasteiger partial charge in [-0.05, 0) is 6.92 Å². The molecule has 1 aliphatic heterocycles. The fourth-order valence-corrected chi connectivity index (χ4v) is 1.52. The van der Waals surface area contributed by atoms with Crippen LogP contribution in [0.4, 0.5) is 0 Å². The van der Waals surface area contributed by atoms with Gasteiger partial charge >= 0.3 is 5.97 Å². The maximum absolute atomic E-state index is 11.3. The van der Waals surface area contributed by atoms with Crippen LogP contribution in [0.5, 0.6) is 0 Å². The number of esters is 1. The molecule has 0 saturated carbocycles. The quantitative estimate of drug-likeness (QED) is 0.318. The molecule has 0 aromatic rings. The molecule has 0 aromatic carbocycles. The molecule has 1 N–H and O–H groups in total. The Kier molecular flexibility index (Phi) is 4.91. The molecular weight excluding hydrogens is 212 g/mol. The lowest BCUT2D eigenvalue weighted by Crippen LogP contribution is -2.40. The standard InChI is InChI=1S/C10H16N2O4/c1-2-16-10(14)9(11-15)7-12-5-3-8(13)4-6-12/h15H,2-7H2,1H3/b11-9-. The number of hydrogen-bond donors (Lipinski definition) is 1. The molecule has 0 spiro atoms. The largest absolute Gasteiger partial charge is 0.461 e. The predicted molar refractivity (Wildman–Crippen MR) is 56.5 cm³/mol. The van der Waals surface area contributed by atoms with E-state index >= 15 is 0 Å². The first kappa shape index (κ1) is 12.6. The van der Waals surface area contributed by atoms with Crippen molar-refractivity contribution in [2.45, 2.75) is 19.8 Å². The molecular formula is C10H16N2O4. The Balaban J connectivity index is 2.45. The molecule has 1 saturated heterocycles. The van der Waals surface area contributed by atoms with Crippen molar-refractivity contribution in [2.75, 3.05) is 26.2 Å². The number of carbonyl (C=O) groups is 2. The molecule has 0 atom stereocenters. The van der Waals surface area contributed by atoms with E-state index in [0.717, 1.165) is 0 Å². The molecule has 1 aliphatic rings. The summed E-state index contributed by atoms with van der Waals surface area (Å²) in [5.74, 6) is -0.378. The molecule has 6 heteroatoms. The highest BCUT2D eigenvalue weighted by Crippen LogP contribution is 2.05. The van der Waals surface area contributed by atoms with E-state index in [2.05, 4.69) is 5.16 Å². The van der Waals surface area contributed by atoms with Crippen molar-refractivity contribution in [1.82, 2.24) is 4.90 Å². The molecule has 16 heavy (non-hydrogen) atoms. The van der Waals surface area contributed by atoms with E-state index in [1.54, 1.807) is 6.92 Å². The first-order valence-electron chi connectivity index (χ1n) is 5.29. The van der Waals surface area contributed by atoms with E-state index in [1.165, 1.54) is 0 Å². The van der Waals surface area contributed by atoms with Crippen LogP contribution in [0.15, 0.2) is 5.16 Å². The first-order valence-corrected chi connectivity index (χ1v) is 5.29. The van der Waals surface area contributed by atoms with Gasteiger partial charge in [-0.15, -0.1) is 0 Å². The van der Waals surface area contributed by atoms with Crippen LogP contribution < -0.4 is 0 Å². The van der Waals surface area contributed by atoms with E-state index < -0.39 is 5.97 Å². The number of carbonyl (C=O) groups excluding carboxylic acids is 2. The molecule has 90 valence electrons. The number of oxime groups is 1. The second kappa shape index (κ2) is 6.22. The summed E-state index contributed by atoms with van der Waals surface area (Å²) in [6.45, 7) is 3.35. The fraction of sp³-hybridized carbons (Fsp3) is 0.700. The Hall–Kier alpha value is -1.43. The maximum Gasteiger partial charge on any atom is 0.357 e. The van der Waals surface area contributed by atoms with E-state index in [-0.39, 0.29) is 24.6 Å². The molecule has 1 rings (SSSR count).